The number of fused-ring (bicyclic) bond motifs is 1. The number of amides is 1. The van der Waals surface area contributed by atoms with Crippen LogP contribution in [0.4, 0.5) is 11.5 Å². The summed E-state index contributed by atoms with van der Waals surface area (Å²) in [6.45, 7) is 4.28. The highest BCUT2D eigenvalue weighted by molar-refractivity contribution is 6.04. The van der Waals surface area contributed by atoms with Crippen molar-refractivity contribution in [3.05, 3.63) is 89.6 Å². The molecule has 1 amide bonds. The Morgan fingerprint density at radius 2 is 1.87 bits per heavy atom. The van der Waals surface area contributed by atoms with Crippen LogP contribution in [0.1, 0.15) is 23.0 Å². The Balaban J connectivity index is 1.85. The number of ether oxygens (including phenoxy) is 1. The maximum Gasteiger partial charge on any atom is 0.262 e. The van der Waals surface area contributed by atoms with Crippen molar-refractivity contribution in [3.63, 3.8) is 0 Å². The number of carbonyl (C=O) groups excluding carboxylic acids is 1. The molecule has 6 nitrogen and oxygen atoms in total. The second kappa shape index (κ2) is 8.61. The zero-order valence-corrected chi connectivity index (χ0v) is 16.8. The predicted molar refractivity (Wildman–Crippen MR) is 116 cm³/mol. The van der Waals surface area contributed by atoms with E-state index in [2.05, 4.69) is 15.3 Å². The fraction of sp³-hybridized carbons (Fsp3) is 0.125. The van der Waals surface area contributed by atoms with Crippen molar-refractivity contribution in [2.75, 3.05) is 11.9 Å². The second-order valence-electron chi connectivity index (χ2n) is 6.63. The van der Waals surface area contributed by atoms with E-state index in [-0.39, 0.29) is 11.5 Å². The number of nitrogens with zero attached hydrogens (tertiary/aromatic N) is 2. The number of aromatic nitrogens is 1. The number of nitrogens with one attached hydrogen (secondary N) is 1. The lowest BCUT2D eigenvalue weighted by molar-refractivity contribution is 0.102. The minimum absolute atomic E-state index is 0.200. The normalized spacial score (nSPS) is 11.5. The van der Waals surface area contributed by atoms with Crippen molar-refractivity contribution in [2.24, 2.45) is 4.99 Å². The molecule has 6 heteroatoms. The van der Waals surface area contributed by atoms with Crippen LogP contribution >= 0.6 is 0 Å². The molecule has 30 heavy (non-hydrogen) atoms. The molecule has 2 heterocycles. The first kappa shape index (κ1) is 19.4. The Bertz CT molecular complexity index is 1280. The maximum absolute atomic E-state index is 13.1. The van der Waals surface area contributed by atoms with E-state index in [1.54, 1.807) is 12.1 Å². The van der Waals surface area contributed by atoms with Crippen LogP contribution in [0, 0.1) is 6.92 Å². The lowest BCUT2D eigenvalue weighted by Gasteiger charge is -2.08. The molecular formula is C24H21N3O3. The number of hydrogen-bond donors (Lipinski definition) is 1. The number of para-hydroxylation sites is 3. The highest BCUT2D eigenvalue weighted by Crippen LogP contribution is 2.26. The van der Waals surface area contributed by atoms with Gasteiger partial charge in [-0.15, -0.1) is 0 Å². The number of anilines is 1. The van der Waals surface area contributed by atoms with Crippen molar-refractivity contribution in [1.82, 2.24) is 4.98 Å². The van der Waals surface area contributed by atoms with E-state index in [4.69, 9.17) is 9.15 Å². The summed E-state index contributed by atoms with van der Waals surface area (Å²) in [7, 11) is 0. The van der Waals surface area contributed by atoms with Gasteiger partial charge in [0.2, 0.25) is 5.55 Å². The molecule has 0 saturated heterocycles. The Kier molecular flexibility index (Phi) is 5.57. The highest BCUT2D eigenvalue weighted by atomic mass is 16.5. The number of rotatable bonds is 5. The summed E-state index contributed by atoms with van der Waals surface area (Å²) >= 11 is 0. The van der Waals surface area contributed by atoms with E-state index in [9.17, 15) is 4.79 Å². The molecule has 2 aromatic carbocycles. The zero-order valence-electron chi connectivity index (χ0n) is 16.8. The van der Waals surface area contributed by atoms with Crippen LogP contribution in [0.3, 0.4) is 0 Å². The van der Waals surface area contributed by atoms with E-state index < -0.39 is 0 Å². The van der Waals surface area contributed by atoms with Gasteiger partial charge in [-0.2, -0.15) is 0 Å². The van der Waals surface area contributed by atoms with Crippen LogP contribution in [0.2, 0.25) is 0 Å². The largest absolute Gasteiger partial charge is 0.492 e. The summed E-state index contributed by atoms with van der Waals surface area (Å²) in [5, 5.41) is 3.63. The van der Waals surface area contributed by atoms with Crippen molar-refractivity contribution >= 4 is 28.4 Å². The van der Waals surface area contributed by atoms with Gasteiger partial charge in [-0.05, 0) is 50.2 Å². The summed E-state index contributed by atoms with van der Waals surface area (Å²) in [5.74, 6) is 0.735. The first-order chi connectivity index (χ1) is 14.6. The molecule has 0 fully saturated rings. The predicted octanol–water partition coefficient (Wildman–Crippen LogP) is 5.02. The summed E-state index contributed by atoms with van der Waals surface area (Å²) in [4.78, 5) is 22.0. The molecule has 0 aliphatic heterocycles. The third-order valence-electron chi connectivity index (χ3n) is 4.42. The van der Waals surface area contributed by atoms with Gasteiger partial charge >= 0.3 is 0 Å². The van der Waals surface area contributed by atoms with Crippen LogP contribution in [0.25, 0.3) is 11.0 Å². The summed E-state index contributed by atoms with van der Waals surface area (Å²) in [5.41, 5.74) is 2.54. The van der Waals surface area contributed by atoms with E-state index in [1.165, 1.54) is 0 Å². The Labute approximate surface area is 173 Å². The van der Waals surface area contributed by atoms with Gasteiger partial charge in [-0.1, -0.05) is 36.4 Å². The molecule has 150 valence electrons. The number of carbonyl (C=O) groups is 1. The van der Waals surface area contributed by atoms with Gasteiger partial charge in [0, 0.05) is 11.1 Å². The Morgan fingerprint density at radius 3 is 2.70 bits per heavy atom. The third-order valence-corrected chi connectivity index (χ3v) is 4.42. The fourth-order valence-corrected chi connectivity index (χ4v) is 3.05. The molecule has 0 bridgehead atoms. The third kappa shape index (κ3) is 4.22. The average Bonchev–Trinajstić information content (AvgIpc) is 2.75. The molecular weight excluding hydrogens is 378 g/mol. The number of aryl methyl sites for hydroxylation is 1. The van der Waals surface area contributed by atoms with E-state index >= 15 is 0 Å². The van der Waals surface area contributed by atoms with Gasteiger partial charge in [0.25, 0.3) is 5.91 Å². The topological polar surface area (TPSA) is 76.7 Å². The van der Waals surface area contributed by atoms with Crippen LogP contribution in [-0.4, -0.2) is 17.5 Å². The molecule has 0 radical (unpaired) electrons. The van der Waals surface area contributed by atoms with Gasteiger partial charge in [0.1, 0.15) is 28.4 Å². The fourth-order valence-electron chi connectivity index (χ4n) is 3.05. The SMILES string of the molecule is CCOc1ccccc1N=c1oc2ccccc2cc1C(=O)Nc1cccc(C)n1. The van der Waals surface area contributed by atoms with Crippen LogP contribution in [0.5, 0.6) is 5.75 Å². The molecule has 0 aliphatic carbocycles. The van der Waals surface area contributed by atoms with Crippen molar-refractivity contribution in [1.29, 1.82) is 0 Å². The highest BCUT2D eigenvalue weighted by Gasteiger charge is 2.14. The van der Waals surface area contributed by atoms with E-state index in [0.717, 1.165) is 11.1 Å². The van der Waals surface area contributed by atoms with Gasteiger partial charge in [0.15, 0.2) is 0 Å². The smallest absolute Gasteiger partial charge is 0.262 e. The quantitative estimate of drug-likeness (QED) is 0.511. The molecule has 0 unspecified atom stereocenters. The summed E-state index contributed by atoms with van der Waals surface area (Å²) in [6.07, 6.45) is 0. The van der Waals surface area contributed by atoms with Crippen LogP contribution < -0.4 is 15.6 Å². The molecule has 0 atom stereocenters. The first-order valence-corrected chi connectivity index (χ1v) is 9.68. The summed E-state index contributed by atoms with van der Waals surface area (Å²) in [6, 6.07) is 22.1. The van der Waals surface area contributed by atoms with Crippen LogP contribution in [0.15, 0.2) is 82.2 Å². The Hall–Kier alpha value is -3.93. The lowest BCUT2D eigenvalue weighted by atomic mass is 10.1. The van der Waals surface area contributed by atoms with Gasteiger partial charge in [-0.3, -0.25) is 4.79 Å². The number of benzene rings is 2. The van der Waals surface area contributed by atoms with Crippen molar-refractivity contribution < 1.29 is 13.9 Å². The second-order valence-corrected chi connectivity index (χ2v) is 6.63. The number of pyridine rings is 1. The van der Waals surface area contributed by atoms with Gasteiger partial charge < -0.3 is 14.5 Å². The zero-order chi connectivity index (χ0) is 20.9. The van der Waals surface area contributed by atoms with Crippen molar-refractivity contribution in [2.45, 2.75) is 13.8 Å². The minimum Gasteiger partial charge on any atom is -0.492 e. The Morgan fingerprint density at radius 1 is 1.07 bits per heavy atom. The van der Waals surface area contributed by atoms with E-state index in [0.29, 0.717) is 35.0 Å². The molecule has 0 spiro atoms. The lowest BCUT2D eigenvalue weighted by Crippen LogP contribution is -2.22. The van der Waals surface area contributed by atoms with Gasteiger partial charge in [-0.25, -0.2) is 9.98 Å². The van der Waals surface area contributed by atoms with Crippen molar-refractivity contribution in [3.8, 4) is 5.75 Å². The molecule has 2 aromatic heterocycles. The standard InChI is InChI=1S/C24H21N3O3/c1-3-29-21-13-7-5-11-19(21)26-24-18(15-17-10-4-6-12-20(17)30-24)23(28)27-22-14-8-9-16(2)25-22/h4-15H,3H2,1-2H3,(H,25,27,28). The molecule has 1 N–H and O–H groups in total. The van der Waals surface area contributed by atoms with E-state index in [1.807, 2.05) is 74.5 Å². The maximum atomic E-state index is 13.1. The molecule has 4 rings (SSSR count). The van der Waals surface area contributed by atoms with Gasteiger partial charge in [0.05, 0.1) is 6.61 Å². The monoisotopic (exact) mass is 399 g/mol. The first-order valence-electron chi connectivity index (χ1n) is 9.68. The number of hydrogen-bond acceptors (Lipinski definition) is 5. The average molecular weight is 399 g/mol. The molecule has 4 aromatic rings. The van der Waals surface area contributed by atoms with Crippen LogP contribution in [-0.2, 0) is 0 Å². The molecule has 0 saturated carbocycles. The molecule has 0 aliphatic rings. The minimum atomic E-state index is -0.352. The summed E-state index contributed by atoms with van der Waals surface area (Å²) < 4.78 is 11.7.